The zero-order valence-corrected chi connectivity index (χ0v) is 6.69. The second kappa shape index (κ2) is 3.23. The molecule has 0 aliphatic carbocycles. The van der Waals surface area contributed by atoms with Crippen molar-refractivity contribution in [1.29, 1.82) is 0 Å². The minimum Gasteiger partial charge on any atom is -0.399 e. The highest BCUT2D eigenvalue weighted by molar-refractivity contribution is 5.89. The molecule has 3 N–H and O–H groups in total. The van der Waals surface area contributed by atoms with E-state index in [0.29, 0.717) is 16.4 Å². The van der Waals surface area contributed by atoms with Gasteiger partial charge in [-0.05, 0) is 18.2 Å². The molecule has 0 spiro atoms. The Kier molecular flexibility index (Phi) is 2.30. The molecule has 4 nitrogen and oxygen atoms in total. The third kappa shape index (κ3) is 1.73. The molecule has 0 aliphatic rings. The third-order valence-electron chi connectivity index (χ3n) is 1.41. The van der Waals surface area contributed by atoms with Crippen LogP contribution in [-0.2, 0) is 4.79 Å². The van der Waals surface area contributed by atoms with Gasteiger partial charge < -0.3 is 5.73 Å². The normalized spacial score (nSPS) is 9.50. The highest BCUT2D eigenvalue weighted by Gasteiger charge is 2.06. The van der Waals surface area contributed by atoms with Crippen LogP contribution >= 0.6 is 0 Å². The predicted molar refractivity (Wildman–Crippen MR) is 45.8 cm³/mol. The van der Waals surface area contributed by atoms with Crippen molar-refractivity contribution < 1.29 is 10.0 Å². The molecule has 1 rings (SSSR count). The van der Waals surface area contributed by atoms with Crippen LogP contribution in [0.3, 0.4) is 0 Å². The van der Waals surface area contributed by atoms with Crippen molar-refractivity contribution in [3.63, 3.8) is 0 Å². The minimum absolute atomic E-state index is 0.377. The quantitative estimate of drug-likeness (QED) is 0.371. The van der Waals surface area contributed by atoms with Crippen LogP contribution in [0, 0.1) is 0 Å². The zero-order chi connectivity index (χ0) is 9.14. The Balaban J connectivity index is 2.95. The molecule has 0 fully saturated rings. The molecular weight excluding hydrogens is 156 g/mol. The van der Waals surface area contributed by atoms with E-state index in [1.807, 2.05) is 0 Å². The first-order valence-corrected chi connectivity index (χ1v) is 3.46. The number of benzene rings is 1. The highest BCUT2D eigenvalue weighted by Crippen LogP contribution is 2.15. The van der Waals surface area contributed by atoms with Crippen molar-refractivity contribution in [3.8, 4) is 0 Å². The number of nitrogen functional groups attached to an aromatic ring is 1. The van der Waals surface area contributed by atoms with Crippen LogP contribution in [-0.4, -0.2) is 11.1 Å². The number of anilines is 2. The summed E-state index contributed by atoms with van der Waals surface area (Å²) in [7, 11) is 0. The molecule has 0 heterocycles. The van der Waals surface area contributed by atoms with E-state index in [4.69, 9.17) is 10.9 Å². The average Bonchev–Trinajstić information content (AvgIpc) is 2.03. The SMILES string of the molecule is CC(=O)N(O)c1cccc(N)c1. The maximum atomic E-state index is 10.7. The topological polar surface area (TPSA) is 66.6 Å². The Morgan fingerprint density at radius 1 is 1.58 bits per heavy atom. The Morgan fingerprint density at radius 2 is 2.25 bits per heavy atom. The molecule has 1 aromatic rings. The van der Waals surface area contributed by atoms with Gasteiger partial charge in [0.05, 0.1) is 5.69 Å². The van der Waals surface area contributed by atoms with Crippen LogP contribution in [0.4, 0.5) is 11.4 Å². The fourth-order valence-corrected chi connectivity index (χ4v) is 0.838. The fraction of sp³-hybridized carbons (Fsp3) is 0.125. The predicted octanol–water partition coefficient (Wildman–Crippen LogP) is 1.01. The largest absolute Gasteiger partial charge is 0.399 e. The molecule has 0 aliphatic heterocycles. The van der Waals surface area contributed by atoms with Gasteiger partial charge in [-0.15, -0.1) is 0 Å². The van der Waals surface area contributed by atoms with Crippen molar-refractivity contribution in [1.82, 2.24) is 0 Å². The first-order valence-electron chi connectivity index (χ1n) is 3.46. The first-order chi connectivity index (χ1) is 5.61. The van der Waals surface area contributed by atoms with Crippen LogP contribution in [0.1, 0.15) is 6.92 Å². The summed E-state index contributed by atoms with van der Waals surface area (Å²) in [5, 5.41) is 9.70. The number of carbonyl (C=O) groups excluding carboxylic acids is 1. The van der Waals surface area contributed by atoms with Crippen molar-refractivity contribution >= 4 is 17.3 Å². The summed E-state index contributed by atoms with van der Waals surface area (Å²) in [4.78, 5) is 10.7. The van der Waals surface area contributed by atoms with Crippen LogP contribution in [0.5, 0.6) is 0 Å². The molecule has 0 unspecified atom stereocenters. The molecule has 1 amide bonds. The van der Waals surface area contributed by atoms with E-state index in [2.05, 4.69) is 0 Å². The molecule has 0 bridgehead atoms. The Morgan fingerprint density at radius 3 is 2.75 bits per heavy atom. The lowest BCUT2D eigenvalue weighted by Crippen LogP contribution is -2.23. The van der Waals surface area contributed by atoms with Gasteiger partial charge in [0.1, 0.15) is 0 Å². The lowest BCUT2D eigenvalue weighted by atomic mass is 10.3. The maximum absolute atomic E-state index is 10.7. The number of hydrogen-bond acceptors (Lipinski definition) is 3. The minimum atomic E-state index is -0.444. The van der Waals surface area contributed by atoms with Crippen molar-refractivity contribution in [2.24, 2.45) is 0 Å². The van der Waals surface area contributed by atoms with E-state index in [1.165, 1.54) is 13.0 Å². The molecule has 1 aromatic carbocycles. The molecule has 0 aromatic heterocycles. The van der Waals surface area contributed by atoms with E-state index in [1.54, 1.807) is 18.2 Å². The lowest BCUT2D eigenvalue weighted by molar-refractivity contribution is -0.121. The number of nitrogens with two attached hydrogens (primary N) is 1. The van der Waals surface area contributed by atoms with Crippen molar-refractivity contribution in [3.05, 3.63) is 24.3 Å². The fourth-order valence-electron chi connectivity index (χ4n) is 0.838. The summed E-state index contributed by atoms with van der Waals surface area (Å²) in [6, 6.07) is 6.45. The lowest BCUT2D eigenvalue weighted by Gasteiger charge is -2.12. The summed E-state index contributed by atoms with van der Waals surface area (Å²) in [5.74, 6) is -0.444. The second-order valence-electron chi connectivity index (χ2n) is 2.43. The maximum Gasteiger partial charge on any atom is 0.247 e. The monoisotopic (exact) mass is 166 g/mol. The number of amides is 1. The summed E-state index contributed by atoms with van der Waals surface area (Å²) < 4.78 is 0. The van der Waals surface area contributed by atoms with Crippen LogP contribution in [0.2, 0.25) is 0 Å². The van der Waals surface area contributed by atoms with Gasteiger partial charge in [0, 0.05) is 12.6 Å². The summed E-state index contributed by atoms with van der Waals surface area (Å²) >= 11 is 0. The summed E-state index contributed by atoms with van der Waals surface area (Å²) in [6.07, 6.45) is 0. The molecule has 64 valence electrons. The Labute approximate surface area is 70.2 Å². The van der Waals surface area contributed by atoms with E-state index >= 15 is 0 Å². The van der Waals surface area contributed by atoms with Crippen molar-refractivity contribution in [2.75, 3.05) is 10.8 Å². The van der Waals surface area contributed by atoms with E-state index in [9.17, 15) is 4.79 Å². The van der Waals surface area contributed by atoms with Gasteiger partial charge in [-0.1, -0.05) is 6.07 Å². The number of hydroxylamine groups is 1. The standard InChI is InChI=1S/C8H10N2O2/c1-6(11)10(12)8-4-2-3-7(9)5-8/h2-5,12H,9H2,1H3. The third-order valence-corrected chi connectivity index (χ3v) is 1.41. The number of carbonyl (C=O) groups is 1. The molecule has 0 radical (unpaired) electrons. The Bertz CT molecular complexity index is 299. The average molecular weight is 166 g/mol. The van der Waals surface area contributed by atoms with Gasteiger partial charge >= 0.3 is 0 Å². The van der Waals surface area contributed by atoms with E-state index < -0.39 is 5.91 Å². The smallest absolute Gasteiger partial charge is 0.247 e. The summed E-state index contributed by atoms with van der Waals surface area (Å²) in [5.41, 5.74) is 6.33. The number of hydrogen-bond donors (Lipinski definition) is 2. The van der Waals surface area contributed by atoms with Crippen LogP contribution < -0.4 is 10.8 Å². The van der Waals surface area contributed by atoms with Gasteiger partial charge in [0.25, 0.3) is 0 Å². The molecule has 0 saturated heterocycles. The number of rotatable bonds is 1. The Hall–Kier alpha value is -1.55. The highest BCUT2D eigenvalue weighted by atomic mass is 16.5. The molecule has 12 heavy (non-hydrogen) atoms. The van der Waals surface area contributed by atoms with Gasteiger partial charge in [0.2, 0.25) is 5.91 Å². The van der Waals surface area contributed by atoms with Gasteiger partial charge in [-0.25, -0.2) is 0 Å². The van der Waals surface area contributed by atoms with Crippen LogP contribution in [0.25, 0.3) is 0 Å². The van der Waals surface area contributed by atoms with E-state index in [-0.39, 0.29) is 0 Å². The molecule has 0 atom stereocenters. The van der Waals surface area contributed by atoms with Gasteiger partial charge in [-0.2, -0.15) is 5.06 Å². The van der Waals surface area contributed by atoms with Gasteiger partial charge in [-0.3, -0.25) is 10.0 Å². The first kappa shape index (κ1) is 8.55. The second-order valence-corrected chi connectivity index (χ2v) is 2.43. The van der Waals surface area contributed by atoms with Gasteiger partial charge in [0.15, 0.2) is 0 Å². The summed E-state index contributed by atoms with van der Waals surface area (Å²) in [6.45, 7) is 1.27. The molecular formula is C8H10N2O2. The van der Waals surface area contributed by atoms with E-state index in [0.717, 1.165) is 0 Å². The van der Waals surface area contributed by atoms with Crippen molar-refractivity contribution in [2.45, 2.75) is 6.92 Å². The number of nitrogens with zero attached hydrogens (tertiary/aromatic N) is 1. The zero-order valence-electron chi connectivity index (χ0n) is 6.69. The molecule has 0 saturated carbocycles. The van der Waals surface area contributed by atoms with Crippen LogP contribution in [0.15, 0.2) is 24.3 Å². The molecule has 4 heteroatoms.